The molecule has 0 saturated heterocycles. The quantitative estimate of drug-likeness (QED) is 0.755. The van der Waals surface area contributed by atoms with E-state index in [0.29, 0.717) is 16.9 Å². The summed E-state index contributed by atoms with van der Waals surface area (Å²) in [7, 11) is 1.49. The summed E-state index contributed by atoms with van der Waals surface area (Å²) >= 11 is 0. The first-order valence-electron chi connectivity index (χ1n) is 3.98. The number of hydrogen-bond acceptors (Lipinski definition) is 3. The fraction of sp³-hybridized carbons (Fsp3) is 0.200. The van der Waals surface area contributed by atoms with E-state index in [-0.39, 0.29) is 5.56 Å². The van der Waals surface area contributed by atoms with Crippen LogP contribution in [-0.2, 0) is 0 Å². The number of carbonyl (C=O) groups excluding carboxylic acids is 1. The number of primary amides is 1. The first-order chi connectivity index (χ1) is 6.60. The average molecular weight is 190 g/mol. The minimum Gasteiger partial charge on any atom is -0.497 e. The van der Waals surface area contributed by atoms with Crippen molar-refractivity contribution in [3.8, 4) is 11.8 Å². The number of benzene rings is 1. The SMILES string of the molecule is COc1cc(C)c(C#N)c(C(N)=O)c1. The standard InChI is InChI=1S/C10H10N2O2/c1-6-3-7(14-2)4-8(10(12)13)9(6)5-11/h3-4H,1-2H3,(H2,12,13). The van der Waals surface area contributed by atoms with E-state index in [0.717, 1.165) is 0 Å². The van der Waals surface area contributed by atoms with Gasteiger partial charge in [-0.15, -0.1) is 0 Å². The Bertz CT molecular complexity index is 419. The van der Waals surface area contributed by atoms with Gasteiger partial charge in [0, 0.05) is 0 Å². The normalized spacial score (nSPS) is 9.21. The van der Waals surface area contributed by atoms with Crippen molar-refractivity contribution in [2.45, 2.75) is 6.92 Å². The monoisotopic (exact) mass is 190 g/mol. The molecule has 1 aromatic rings. The molecule has 0 fully saturated rings. The summed E-state index contributed by atoms with van der Waals surface area (Å²) in [5.41, 5.74) is 6.32. The third-order valence-corrected chi connectivity index (χ3v) is 1.92. The van der Waals surface area contributed by atoms with E-state index in [4.69, 9.17) is 15.7 Å². The predicted molar refractivity (Wildman–Crippen MR) is 51.0 cm³/mol. The molecule has 0 heterocycles. The van der Waals surface area contributed by atoms with E-state index in [9.17, 15) is 4.79 Å². The van der Waals surface area contributed by atoms with Crippen LogP contribution < -0.4 is 10.5 Å². The number of methoxy groups -OCH3 is 1. The number of ether oxygens (including phenoxy) is 1. The molecule has 0 aliphatic rings. The van der Waals surface area contributed by atoms with E-state index in [1.54, 1.807) is 13.0 Å². The lowest BCUT2D eigenvalue weighted by Crippen LogP contribution is -2.13. The first kappa shape index (κ1) is 10.1. The van der Waals surface area contributed by atoms with Gasteiger partial charge in [-0.2, -0.15) is 5.26 Å². The molecule has 0 aliphatic heterocycles. The molecule has 0 aromatic heterocycles. The highest BCUT2D eigenvalue weighted by atomic mass is 16.5. The second-order valence-corrected chi connectivity index (χ2v) is 2.84. The number of nitriles is 1. The van der Waals surface area contributed by atoms with Crippen LogP contribution in [0.3, 0.4) is 0 Å². The van der Waals surface area contributed by atoms with Gasteiger partial charge >= 0.3 is 0 Å². The van der Waals surface area contributed by atoms with E-state index in [2.05, 4.69) is 0 Å². The average Bonchev–Trinajstić information content (AvgIpc) is 2.16. The van der Waals surface area contributed by atoms with Gasteiger partial charge in [0.05, 0.1) is 18.2 Å². The van der Waals surface area contributed by atoms with Crippen molar-refractivity contribution in [3.05, 3.63) is 28.8 Å². The maximum Gasteiger partial charge on any atom is 0.250 e. The largest absolute Gasteiger partial charge is 0.497 e. The van der Waals surface area contributed by atoms with Crippen LogP contribution in [0.15, 0.2) is 12.1 Å². The molecule has 1 aromatic carbocycles. The van der Waals surface area contributed by atoms with Gasteiger partial charge in [-0.05, 0) is 24.6 Å². The number of amides is 1. The summed E-state index contributed by atoms with van der Waals surface area (Å²) < 4.78 is 4.97. The zero-order valence-corrected chi connectivity index (χ0v) is 8.00. The van der Waals surface area contributed by atoms with Gasteiger partial charge in [-0.3, -0.25) is 4.79 Å². The van der Waals surface area contributed by atoms with Crippen LogP contribution in [-0.4, -0.2) is 13.0 Å². The van der Waals surface area contributed by atoms with Crippen LogP contribution >= 0.6 is 0 Å². The van der Waals surface area contributed by atoms with Crippen LogP contribution in [0.5, 0.6) is 5.75 Å². The Morgan fingerprint density at radius 3 is 2.64 bits per heavy atom. The lowest BCUT2D eigenvalue weighted by atomic mass is 10.0. The van der Waals surface area contributed by atoms with Gasteiger partial charge in [0.15, 0.2) is 0 Å². The Morgan fingerprint density at radius 1 is 1.57 bits per heavy atom. The molecule has 1 amide bonds. The van der Waals surface area contributed by atoms with Gasteiger partial charge < -0.3 is 10.5 Å². The van der Waals surface area contributed by atoms with Crippen molar-refractivity contribution in [1.82, 2.24) is 0 Å². The fourth-order valence-corrected chi connectivity index (χ4v) is 1.21. The van der Waals surface area contributed by atoms with Crippen molar-refractivity contribution in [2.24, 2.45) is 5.73 Å². The summed E-state index contributed by atoms with van der Waals surface area (Å²) in [6, 6.07) is 5.09. The van der Waals surface area contributed by atoms with Gasteiger partial charge in [0.1, 0.15) is 11.8 Å². The van der Waals surface area contributed by atoms with E-state index in [1.807, 2.05) is 6.07 Å². The molecule has 0 radical (unpaired) electrons. The maximum absolute atomic E-state index is 11.0. The summed E-state index contributed by atoms with van der Waals surface area (Å²) in [4.78, 5) is 11.0. The number of nitrogens with zero attached hydrogens (tertiary/aromatic N) is 1. The minimum atomic E-state index is -0.622. The Balaban J connectivity index is 3.45. The summed E-state index contributed by atoms with van der Waals surface area (Å²) in [5.74, 6) is -0.0983. The van der Waals surface area contributed by atoms with Crippen LogP contribution in [0.25, 0.3) is 0 Å². The molecule has 0 saturated carbocycles. The maximum atomic E-state index is 11.0. The molecule has 0 atom stereocenters. The molecule has 72 valence electrons. The van der Waals surface area contributed by atoms with Crippen molar-refractivity contribution in [3.63, 3.8) is 0 Å². The second-order valence-electron chi connectivity index (χ2n) is 2.84. The van der Waals surface area contributed by atoms with Crippen molar-refractivity contribution < 1.29 is 9.53 Å². The van der Waals surface area contributed by atoms with Crippen LogP contribution in [0.2, 0.25) is 0 Å². The molecule has 0 unspecified atom stereocenters. The smallest absolute Gasteiger partial charge is 0.250 e. The van der Waals surface area contributed by atoms with Crippen molar-refractivity contribution in [2.75, 3.05) is 7.11 Å². The number of carbonyl (C=O) groups is 1. The summed E-state index contributed by atoms with van der Waals surface area (Å²) in [6.07, 6.45) is 0. The Labute approximate surface area is 81.9 Å². The molecular formula is C10H10N2O2. The van der Waals surface area contributed by atoms with E-state index < -0.39 is 5.91 Å². The van der Waals surface area contributed by atoms with Gasteiger partial charge in [0.25, 0.3) is 0 Å². The minimum absolute atomic E-state index is 0.198. The van der Waals surface area contributed by atoms with E-state index in [1.165, 1.54) is 13.2 Å². The molecule has 14 heavy (non-hydrogen) atoms. The van der Waals surface area contributed by atoms with Gasteiger partial charge in [-0.1, -0.05) is 0 Å². The Kier molecular flexibility index (Phi) is 2.73. The lowest BCUT2D eigenvalue weighted by molar-refractivity contribution is 0.0999. The highest BCUT2D eigenvalue weighted by molar-refractivity contribution is 5.96. The molecule has 2 N–H and O–H groups in total. The van der Waals surface area contributed by atoms with Crippen molar-refractivity contribution in [1.29, 1.82) is 5.26 Å². The number of hydrogen-bond donors (Lipinski definition) is 1. The molecular weight excluding hydrogens is 180 g/mol. The predicted octanol–water partition coefficient (Wildman–Crippen LogP) is 0.974. The number of aryl methyl sites for hydroxylation is 1. The second kappa shape index (κ2) is 3.79. The topological polar surface area (TPSA) is 76.1 Å². The van der Waals surface area contributed by atoms with Crippen molar-refractivity contribution >= 4 is 5.91 Å². The molecule has 4 heteroatoms. The molecule has 0 aliphatic carbocycles. The number of nitrogens with two attached hydrogens (primary N) is 1. The zero-order chi connectivity index (χ0) is 10.7. The van der Waals surface area contributed by atoms with Crippen LogP contribution in [0, 0.1) is 18.3 Å². The Morgan fingerprint density at radius 2 is 2.21 bits per heavy atom. The lowest BCUT2D eigenvalue weighted by Gasteiger charge is -2.06. The fourth-order valence-electron chi connectivity index (χ4n) is 1.21. The molecule has 1 rings (SSSR count). The Hall–Kier alpha value is -2.02. The van der Waals surface area contributed by atoms with Gasteiger partial charge in [-0.25, -0.2) is 0 Å². The number of rotatable bonds is 2. The highest BCUT2D eigenvalue weighted by Crippen LogP contribution is 2.21. The van der Waals surface area contributed by atoms with Gasteiger partial charge in [0.2, 0.25) is 5.91 Å². The molecule has 0 spiro atoms. The van der Waals surface area contributed by atoms with E-state index >= 15 is 0 Å². The third-order valence-electron chi connectivity index (χ3n) is 1.92. The van der Waals surface area contributed by atoms with Crippen LogP contribution in [0.1, 0.15) is 21.5 Å². The highest BCUT2D eigenvalue weighted by Gasteiger charge is 2.12. The zero-order valence-electron chi connectivity index (χ0n) is 8.00. The van der Waals surface area contributed by atoms with Crippen LogP contribution in [0.4, 0.5) is 0 Å². The third kappa shape index (κ3) is 1.67. The summed E-state index contributed by atoms with van der Waals surface area (Å²) in [5, 5.41) is 8.81. The molecule has 4 nitrogen and oxygen atoms in total. The first-order valence-corrected chi connectivity index (χ1v) is 3.98. The molecule has 0 bridgehead atoms. The summed E-state index contributed by atoms with van der Waals surface area (Å²) in [6.45, 7) is 1.73.